The first-order chi connectivity index (χ1) is 9.11. The van der Waals surface area contributed by atoms with Gasteiger partial charge in [0.05, 0.1) is 11.7 Å². The summed E-state index contributed by atoms with van der Waals surface area (Å²) < 4.78 is 19.7. The summed E-state index contributed by atoms with van der Waals surface area (Å²) in [5.41, 5.74) is 0.346. The lowest BCUT2D eigenvalue weighted by Gasteiger charge is -2.29. The van der Waals surface area contributed by atoms with Crippen molar-refractivity contribution in [3.8, 4) is 5.75 Å². The van der Waals surface area contributed by atoms with Gasteiger partial charge in [0.2, 0.25) is 0 Å². The topological polar surface area (TPSA) is 26.3 Å². The van der Waals surface area contributed by atoms with Gasteiger partial charge in [-0.05, 0) is 44.2 Å². The van der Waals surface area contributed by atoms with E-state index in [1.165, 1.54) is 19.4 Å². The van der Waals surface area contributed by atoms with Crippen molar-refractivity contribution >= 4 is 5.78 Å². The number of hydrogen-bond donors (Lipinski definition) is 0. The van der Waals surface area contributed by atoms with E-state index in [0.717, 1.165) is 25.7 Å². The highest BCUT2D eigenvalue weighted by Crippen LogP contribution is 2.32. The largest absolute Gasteiger partial charge is 0.487 e. The number of carbonyl (C=O) groups is 1. The molecule has 2 nitrogen and oxygen atoms in total. The van der Waals surface area contributed by atoms with Crippen LogP contribution in [-0.2, 0) is 0 Å². The Kier molecular flexibility index (Phi) is 4.56. The van der Waals surface area contributed by atoms with Crippen molar-refractivity contribution in [1.29, 1.82) is 0 Å². The molecule has 1 aliphatic carbocycles. The zero-order chi connectivity index (χ0) is 13.8. The Morgan fingerprint density at radius 2 is 2.21 bits per heavy atom. The number of ether oxygens (including phenoxy) is 1. The Labute approximate surface area is 114 Å². The van der Waals surface area contributed by atoms with Gasteiger partial charge in [0.1, 0.15) is 0 Å². The summed E-state index contributed by atoms with van der Waals surface area (Å²) in [6.07, 6.45) is 5.43. The lowest BCUT2D eigenvalue weighted by molar-refractivity contribution is 0.0980. The summed E-state index contributed by atoms with van der Waals surface area (Å²) in [5.74, 6) is 0.201. The molecule has 0 saturated heterocycles. The number of rotatable bonds is 4. The summed E-state index contributed by atoms with van der Waals surface area (Å²) in [5, 5.41) is 0. The molecule has 0 heterocycles. The molecule has 0 amide bonds. The van der Waals surface area contributed by atoms with E-state index in [-0.39, 0.29) is 17.6 Å². The Hall–Kier alpha value is -1.38. The summed E-state index contributed by atoms with van der Waals surface area (Å²) in [7, 11) is 0. The highest BCUT2D eigenvalue weighted by molar-refractivity contribution is 5.96. The number of carbonyl (C=O) groups excluding carboxylic acids is 1. The molecular formula is C16H21FO2. The van der Waals surface area contributed by atoms with Crippen LogP contribution < -0.4 is 4.74 Å². The maximum atomic E-state index is 13.9. The molecule has 0 radical (unpaired) electrons. The van der Waals surface area contributed by atoms with Crippen LogP contribution >= 0.6 is 0 Å². The highest BCUT2D eigenvalue weighted by atomic mass is 19.1. The molecule has 1 saturated carbocycles. The van der Waals surface area contributed by atoms with E-state index in [0.29, 0.717) is 11.5 Å². The van der Waals surface area contributed by atoms with E-state index in [9.17, 15) is 9.18 Å². The molecule has 0 N–H and O–H groups in total. The van der Waals surface area contributed by atoms with Gasteiger partial charge in [0.15, 0.2) is 17.3 Å². The van der Waals surface area contributed by atoms with Crippen molar-refractivity contribution in [2.75, 3.05) is 0 Å². The third kappa shape index (κ3) is 3.34. The first-order valence-corrected chi connectivity index (χ1v) is 7.08. The summed E-state index contributed by atoms with van der Waals surface area (Å²) >= 11 is 0. The molecule has 2 unspecified atom stereocenters. The van der Waals surface area contributed by atoms with Crippen LogP contribution in [-0.4, -0.2) is 11.9 Å². The first kappa shape index (κ1) is 14.0. The zero-order valence-electron chi connectivity index (χ0n) is 11.6. The zero-order valence-corrected chi connectivity index (χ0v) is 11.6. The number of para-hydroxylation sites is 1. The van der Waals surface area contributed by atoms with Crippen LogP contribution in [0, 0.1) is 11.7 Å². The van der Waals surface area contributed by atoms with Gasteiger partial charge >= 0.3 is 0 Å². The third-order valence-corrected chi connectivity index (χ3v) is 3.94. The lowest BCUT2D eigenvalue weighted by Crippen LogP contribution is -2.26. The van der Waals surface area contributed by atoms with Crippen molar-refractivity contribution in [3.63, 3.8) is 0 Å². The molecule has 19 heavy (non-hydrogen) atoms. The quantitative estimate of drug-likeness (QED) is 0.754. The Morgan fingerprint density at radius 1 is 1.42 bits per heavy atom. The lowest BCUT2D eigenvalue weighted by atomic mass is 9.85. The molecule has 2 rings (SSSR count). The number of benzene rings is 1. The molecule has 3 heteroatoms. The van der Waals surface area contributed by atoms with Gasteiger partial charge in [-0.15, -0.1) is 0 Å². The van der Waals surface area contributed by atoms with Crippen LogP contribution in [0.2, 0.25) is 0 Å². The van der Waals surface area contributed by atoms with Crippen molar-refractivity contribution in [1.82, 2.24) is 0 Å². The fourth-order valence-corrected chi connectivity index (χ4v) is 2.79. The predicted octanol–water partition coefficient (Wildman–Crippen LogP) is 4.38. The van der Waals surface area contributed by atoms with Crippen LogP contribution in [0.15, 0.2) is 18.2 Å². The summed E-state index contributed by atoms with van der Waals surface area (Å²) in [4.78, 5) is 11.5. The first-order valence-electron chi connectivity index (χ1n) is 7.08. The standard InChI is InChI=1S/C16H21FO2/c1-3-12-6-4-7-13(10-12)19-16-14(11(2)18)8-5-9-15(16)17/h5,8-9,12-13H,3-4,6-7,10H2,1-2H3. The van der Waals surface area contributed by atoms with E-state index in [1.807, 2.05) is 0 Å². The molecule has 1 aromatic carbocycles. The minimum absolute atomic E-state index is 0.0358. The molecule has 0 aromatic heterocycles. The maximum Gasteiger partial charge on any atom is 0.166 e. The second-order valence-electron chi connectivity index (χ2n) is 5.35. The normalized spacial score (nSPS) is 23.1. The van der Waals surface area contributed by atoms with E-state index in [4.69, 9.17) is 4.74 Å². The van der Waals surface area contributed by atoms with Crippen molar-refractivity contribution in [2.45, 2.75) is 52.1 Å². The van der Waals surface area contributed by atoms with Gasteiger partial charge in [-0.3, -0.25) is 4.79 Å². The van der Waals surface area contributed by atoms with Gasteiger partial charge < -0.3 is 4.74 Å². The van der Waals surface area contributed by atoms with Gasteiger partial charge in [0, 0.05) is 0 Å². The van der Waals surface area contributed by atoms with Crippen molar-refractivity contribution in [2.24, 2.45) is 5.92 Å². The smallest absolute Gasteiger partial charge is 0.166 e. The second kappa shape index (κ2) is 6.18. The molecule has 1 aliphatic rings. The van der Waals surface area contributed by atoms with Crippen molar-refractivity contribution in [3.05, 3.63) is 29.6 Å². The average molecular weight is 264 g/mol. The number of hydrogen-bond acceptors (Lipinski definition) is 2. The number of Topliss-reactive ketones (excluding diaryl/α,β-unsaturated/α-hetero) is 1. The predicted molar refractivity (Wildman–Crippen MR) is 73.1 cm³/mol. The Bertz CT molecular complexity index is 456. The highest BCUT2D eigenvalue weighted by Gasteiger charge is 2.24. The molecule has 2 atom stereocenters. The minimum atomic E-state index is -0.439. The molecule has 1 fully saturated rings. The third-order valence-electron chi connectivity index (χ3n) is 3.94. The SMILES string of the molecule is CCC1CCCC(Oc2c(F)cccc2C(C)=O)C1. The fraction of sp³-hybridized carbons (Fsp3) is 0.562. The summed E-state index contributed by atoms with van der Waals surface area (Å²) in [6.45, 7) is 3.62. The van der Waals surface area contributed by atoms with Crippen LogP contribution in [0.5, 0.6) is 5.75 Å². The van der Waals surface area contributed by atoms with E-state index >= 15 is 0 Å². The van der Waals surface area contributed by atoms with Crippen LogP contribution in [0.3, 0.4) is 0 Å². The van der Waals surface area contributed by atoms with E-state index in [1.54, 1.807) is 12.1 Å². The number of halogens is 1. The second-order valence-corrected chi connectivity index (χ2v) is 5.35. The average Bonchev–Trinajstić information content (AvgIpc) is 2.41. The van der Waals surface area contributed by atoms with Crippen molar-refractivity contribution < 1.29 is 13.9 Å². The van der Waals surface area contributed by atoms with E-state index < -0.39 is 5.82 Å². The molecular weight excluding hydrogens is 243 g/mol. The minimum Gasteiger partial charge on any atom is -0.487 e. The maximum absolute atomic E-state index is 13.9. The van der Waals surface area contributed by atoms with Gasteiger partial charge in [0.25, 0.3) is 0 Å². The monoisotopic (exact) mass is 264 g/mol. The Balaban J connectivity index is 2.16. The van der Waals surface area contributed by atoms with Crippen LogP contribution in [0.1, 0.15) is 56.3 Å². The van der Waals surface area contributed by atoms with E-state index in [2.05, 4.69) is 6.92 Å². The van der Waals surface area contributed by atoms with Crippen LogP contribution in [0.25, 0.3) is 0 Å². The van der Waals surface area contributed by atoms with Gasteiger partial charge in [-0.1, -0.05) is 25.8 Å². The van der Waals surface area contributed by atoms with Gasteiger partial charge in [-0.25, -0.2) is 4.39 Å². The Morgan fingerprint density at radius 3 is 2.89 bits per heavy atom. The number of ketones is 1. The van der Waals surface area contributed by atoms with Gasteiger partial charge in [-0.2, -0.15) is 0 Å². The molecule has 0 bridgehead atoms. The van der Waals surface area contributed by atoms with Crippen LogP contribution in [0.4, 0.5) is 4.39 Å². The molecule has 104 valence electrons. The molecule has 0 spiro atoms. The fourth-order valence-electron chi connectivity index (χ4n) is 2.79. The molecule has 1 aromatic rings. The summed E-state index contributed by atoms with van der Waals surface area (Å²) in [6, 6.07) is 4.53. The molecule has 0 aliphatic heterocycles.